The van der Waals surface area contributed by atoms with E-state index in [9.17, 15) is 15.0 Å². The Labute approximate surface area is 170 Å². The van der Waals surface area contributed by atoms with E-state index in [1.165, 1.54) is 6.92 Å². The summed E-state index contributed by atoms with van der Waals surface area (Å²) in [6, 6.07) is -0.827. The van der Waals surface area contributed by atoms with Crippen LogP contribution in [0.4, 0.5) is 0 Å². The number of ether oxygens (including phenoxy) is 7. The number of fused-ring (bicyclic) bond motifs is 2. The molecule has 170 valence electrons. The first-order valence-corrected chi connectivity index (χ1v) is 9.73. The van der Waals surface area contributed by atoms with E-state index in [4.69, 9.17) is 33.2 Å². The monoisotopic (exact) mass is 423 g/mol. The van der Waals surface area contributed by atoms with Crippen molar-refractivity contribution in [1.82, 2.24) is 5.32 Å². The molecule has 29 heavy (non-hydrogen) atoms. The molecule has 2 fully saturated rings. The van der Waals surface area contributed by atoms with E-state index in [1.807, 2.05) is 0 Å². The molecule has 0 radical (unpaired) electrons. The highest BCUT2D eigenvalue weighted by atomic mass is 16.8. The second-order valence-corrected chi connectivity index (χ2v) is 6.91. The summed E-state index contributed by atoms with van der Waals surface area (Å²) in [6.45, 7) is 5.03. The number of aliphatic hydroxyl groups is 2. The van der Waals surface area contributed by atoms with Crippen LogP contribution in [-0.2, 0) is 38.0 Å². The van der Waals surface area contributed by atoms with Crippen LogP contribution in [0.5, 0.6) is 0 Å². The van der Waals surface area contributed by atoms with E-state index in [0.29, 0.717) is 46.2 Å². The lowest BCUT2D eigenvalue weighted by Crippen LogP contribution is -2.66. The molecule has 2 heterocycles. The first-order valence-electron chi connectivity index (χ1n) is 9.73. The zero-order valence-electron chi connectivity index (χ0n) is 17.0. The number of carbonyl (C=O) groups is 1. The van der Waals surface area contributed by atoms with E-state index < -0.39 is 30.1 Å². The van der Waals surface area contributed by atoms with Gasteiger partial charge in [-0.1, -0.05) is 0 Å². The molecule has 11 heteroatoms. The number of aliphatic hydroxyl groups excluding tert-OH is 2. The molecular weight excluding hydrogens is 390 g/mol. The predicted molar refractivity (Wildman–Crippen MR) is 98.3 cm³/mol. The number of rotatable bonds is 15. The predicted octanol–water partition coefficient (Wildman–Crippen LogP) is -1.95. The fraction of sp³-hybridized carbons (Fsp3) is 0.944. The topological polar surface area (TPSA) is 134 Å². The van der Waals surface area contributed by atoms with Gasteiger partial charge in [-0.25, -0.2) is 0 Å². The highest BCUT2D eigenvalue weighted by Crippen LogP contribution is 2.37. The van der Waals surface area contributed by atoms with Crippen LogP contribution in [0.25, 0.3) is 0 Å². The number of methoxy groups -OCH3 is 1. The molecule has 0 spiro atoms. The lowest BCUT2D eigenvalue weighted by atomic mass is 9.88. The zero-order valence-corrected chi connectivity index (χ0v) is 17.0. The molecule has 2 rings (SSSR count). The molecule has 0 saturated carbocycles. The zero-order chi connectivity index (χ0) is 21.1. The molecule has 0 aliphatic carbocycles. The molecule has 0 aromatic heterocycles. The molecule has 0 aromatic rings. The molecule has 3 N–H and O–H groups in total. The smallest absolute Gasteiger partial charge is 0.217 e. The molecule has 0 aromatic carbocycles. The Balaban J connectivity index is 1.53. The van der Waals surface area contributed by atoms with Gasteiger partial charge in [0.1, 0.15) is 23.9 Å². The SMILES string of the molecule is COCCOCCOCCOCCOC[C@@]12CO[C@@H](O1)C(NC(C)=O)[C@@H](O)[C@H]2O. The third-order valence-corrected chi connectivity index (χ3v) is 4.63. The average Bonchev–Trinajstić information content (AvgIpc) is 3.10. The van der Waals surface area contributed by atoms with E-state index >= 15 is 0 Å². The number of hydrogen-bond acceptors (Lipinski definition) is 10. The minimum absolute atomic E-state index is 0.0349. The lowest BCUT2D eigenvalue weighted by Gasteiger charge is -2.42. The molecule has 2 bridgehead atoms. The second kappa shape index (κ2) is 12.7. The highest BCUT2D eigenvalue weighted by Gasteiger charge is 2.59. The fourth-order valence-electron chi connectivity index (χ4n) is 3.12. The molecule has 2 aliphatic heterocycles. The molecule has 2 aliphatic rings. The Morgan fingerprint density at radius 1 is 1.00 bits per heavy atom. The van der Waals surface area contributed by atoms with Crippen LogP contribution in [0.3, 0.4) is 0 Å². The van der Waals surface area contributed by atoms with Gasteiger partial charge < -0.3 is 48.7 Å². The summed E-state index contributed by atoms with van der Waals surface area (Å²) in [5.74, 6) is -0.344. The molecular formula is C18H33NO10. The first-order chi connectivity index (χ1) is 14.0. The second-order valence-electron chi connectivity index (χ2n) is 6.91. The summed E-state index contributed by atoms with van der Waals surface area (Å²) >= 11 is 0. The molecule has 5 atom stereocenters. The summed E-state index contributed by atoms with van der Waals surface area (Å²) < 4.78 is 37.7. The Morgan fingerprint density at radius 3 is 2.10 bits per heavy atom. The van der Waals surface area contributed by atoms with Gasteiger partial charge in [0.15, 0.2) is 6.29 Å². The summed E-state index contributed by atoms with van der Waals surface area (Å²) in [6.07, 6.45) is -3.29. The summed E-state index contributed by atoms with van der Waals surface area (Å²) in [5.41, 5.74) is -1.16. The van der Waals surface area contributed by atoms with Gasteiger partial charge >= 0.3 is 0 Å². The molecule has 1 unspecified atom stereocenters. The van der Waals surface area contributed by atoms with Crippen LogP contribution in [-0.4, -0.2) is 119 Å². The highest BCUT2D eigenvalue weighted by molar-refractivity contribution is 5.73. The van der Waals surface area contributed by atoms with Crippen LogP contribution in [0.15, 0.2) is 0 Å². The van der Waals surface area contributed by atoms with E-state index in [0.717, 1.165) is 0 Å². The van der Waals surface area contributed by atoms with Gasteiger partial charge in [-0.15, -0.1) is 0 Å². The van der Waals surface area contributed by atoms with Crippen LogP contribution >= 0.6 is 0 Å². The Hall–Kier alpha value is -0.890. The fourth-order valence-corrected chi connectivity index (χ4v) is 3.12. The van der Waals surface area contributed by atoms with Gasteiger partial charge in [0, 0.05) is 14.0 Å². The first kappa shape index (κ1) is 24.4. The average molecular weight is 423 g/mol. The molecule has 2 saturated heterocycles. The Morgan fingerprint density at radius 2 is 1.55 bits per heavy atom. The van der Waals surface area contributed by atoms with Gasteiger partial charge in [-0.3, -0.25) is 4.79 Å². The number of nitrogens with one attached hydrogen (secondary N) is 1. The van der Waals surface area contributed by atoms with Crippen molar-refractivity contribution in [3.8, 4) is 0 Å². The van der Waals surface area contributed by atoms with Crippen LogP contribution in [0.1, 0.15) is 6.92 Å². The van der Waals surface area contributed by atoms with E-state index in [1.54, 1.807) is 7.11 Å². The third-order valence-electron chi connectivity index (χ3n) is 4.63. The van der Waals surface area contributed by atoms with Crippen molar-refractivity contribution in [2.75, 3.05) is 73.2 Å². The summed E-state index contributed by atoms with van der Waals surface area (Å²) in [7, 11) is 1.62. The van der Waals surface area contributed by atoms with Crippen molar-refractivity contribution in [3.05, 3.63) is 0 Å². The normalized spacial score (nSPS) is 31.2. The summed E-state index contributed by atoms with van der Waals surface area (Å²) in [5, 5.41) is 23.3. The van der Waals surface area contributed by atoms with Gasteiger partial charge in [0.2, 0.25) is 5.91 Å². The Kier molecular flexibility index (Phi) is 10.7. The third kappa shape index (κ3) is 7.39. The van der Waals surface area contributed by atoms with Crippen LogP contribution < -0.4 is 5.32 Å². The van der Waals surface area contributed by atoms with Crippen molar-refractivity contribution in [3.63, 3.8) is 0 Å². The van der Waals surface area contributed by atoms with Gasteiger partial charge in [0.05, 0.1) is 66.1 Å². The standard InChI is InChI=1S/C18H33NO10/c1-13(20)19-14-15(21)16(22)18(12-28-17(14)29-18)11-27-10-9-26-8-7-25-6-5-24-4-3-23-2/h14-17,21-22H,3-12H2,1-2H3,(H,19,20)/t14?,15-,16-,17+,18+/m1/s1. The van der Waals surface area contributed by atoms with Gasteiger partial charge in [-0.2, -0.15) is 0 Å². The minimum atomic E-state index is -1.25. The number of hydrogen-bond donors (Lipinski definition) is 3. The number of amides is 1. The molecule has 1 amide bonds. The maximum atomic E-state index is 11.3. The Bertz CT molecular complexity index is 482. The van der Waals surface area contributed by atoms with Crippen molar-refractivity contribution in [1.29, 1.82) is 0 Å². The van der Waals surface area contributed by atoms with E-state index in [-0.39, 0.29) is 25.7 Å². The largest absolute Gasteiger partial charge is 0.388 e. The van der Waals surface area contributed by atoms with Crippen molar-refractivity contribution in [2.24, 2.45) is 0 Å². The van der Waals surface area contributed by atoms with Gasteiger partial charge in [0.25, 0.3) is 0 Å². The van der Waals surface area contributed by atoms with Crippen molar-refractivity contribution in [2.45, 2.75) is 37.1 Å². The summed E-state index contributed by atoms with van der Waals surface area (Å²) in [4.78, 5) is 11.3. The van der Waals surface area contributed by atoms with Crippen LogP contribution in [0, 0.1) is 0 Å². The van der Waals surface area contributed by atoms with Crippen molar-refractivity contribution >= 4 is 5.91 Å². The minimum Gasteiger partial charge on any atom is -0.388 e. The lowest BCUT2D eigenvalue weighted by molar-refractivity contribution is -0.238. The quantitative estimate of drug-likeness (QED) is 0.255. The van der Waals surface area contributed by atoms with Crippen LogP contribution in [0.2, 0.25) is 0 Å². The van der Waals surface area contributed by atoms with E-state index in [2.05, 4.69) is 5.32 Å². The van der Waals surface area contributed by atoms with Gasteiger partial charge in [-0.05, 0) is 0 Å². The number of carbonyl (C=O) groups excluding carboxylic acids is 1. The maximum absolute atomic E-state index is 11.3. The van der Waals surface area contributed by atoms with Crippen molar-refractivity contribution < 1.29 is 48.2 Å². The maximum Gasteiger partial charge on any atom is 0.217 e. The molecule has 11 nitrogen and oxygen atoms in total.